The van der Waals surface area contributed by atoms with Gasteiger partial charge in [-0.05, 0) is 31.9 Å². The standard InChI is InChI=1S/C21H21NO5/c1-3-26-18(24)17-20(2)22-19(25)21(17,12-13-7-5-4-6-8-13)15-10-9-14(23)11-16(15)27-20/h4-11,17,23H,3,12H2,1-2H3,(H,22,25)/t17-,20-,21-/m1/s1. The number of fused-ring (bicyclic) bond motifs is 4. The Labute approximate surface area is 157 Å². The van der Waals surface area contributed by atoms with E-state index in [4.69, 9.17) is 9.47 Å². The Morgan fingerprint density at radius 1 is 1.26 bits per heavy atom. The number of carbonyl (C=O) groups is 2. The zero-order valence-electron chi connectivity index (χ0n) is 15.2. The van der Waals surface area contributed by atoms with Crippen LogP contribution in [0.1, 0.15) is 25.0 Å². The van der Waals surface area contributed by atoms with E-state index in [1.54, 1.807) is 19.9 Å². The minimum atomic E-state index is -1.25. The minimum Gasteiger partial charge on any atom is -0.508 e. The highest BCUT2D eigenvalue weighted by atomic mass is 16.5. The van der Waals surface area contributed by atoms with Crippen LogP contribution in [0.2, 0.25) is 0 Å². The molecule has 2 aliphatic heterocycles. The number of carbonyl (C=O) groups excluding carboxylic acids is 2. The quantitative estimate of drug-likeness (QED) is 0.810. The smallest absolute Gasteiger partial charge is 0.316 e. The number of esters is 1. The van der Waals surface area contributed by atoms with E-state index in [0.29, 0.717) is 17.7 Å². The van der Waals surface area contributed by atoms with Crippen molar-refractivity contribution >= 4 is 11.9 Å². The van der Waals surface area contributed by atoms with Crippen LogP contribution in [0.4, 0.5) is 0 Å². The van der Waals surface area contributed by atoms with Gasteiger partial charge in [-0.15, -0.1) is 0 Å². The molecular formula is C21H21NO5. The van der Waals surface area contributed by atoms with Crippen molar-refractivity contribution in [1.29, 1.82) is 0 Å². The monoisotopic (exact) mass is 367 g/mol. The highest BCUT2D eigenvalue weighted by Crippen LogP contribution is 2.55. The van der Waals surface area contributed by atoms with Gasteiger partial charge in [-0.1, -0.05) is 36.4 Å². The first kappa shape index (κ1) is 17.4. The number of aromatic hydroxyl groups is 1. The second-order valence-electron chi connectivity index (χ2n) is 7.16. The van der Waals surface area contributed by atoms with Crippen LogP contribution in [0.15, 0.2) is 48.5 Å². The molecule has 27 heavy (non-hydrogen) atoms. The van der Waals surface area contributed by atoms with Crippen molar-refractivity contribution in [2.75, 3.05) is 6.61 Å². The summed E-state index contributed by atoms with van der Waals surface area (Å²) < 4.78 is 11.3. The van der Waals surface area contributed by atoms with Gasteiger partial charge in [-0.25, -0.2) is 0 Å². The molecule has 6 nitrogen and oxygen atoms in total. The molecule has 6 heteroatoms. The summed E-state index contributed by atoms with van der Waals surface area (Å²) in [5.74, 6) is -1.18. The van der Waals surface area contributed by atoms with Crippen LogP contribution < -0.4 is 10.1 Å². The van der Waals surface area contributed by atoms with Crippen LogP contribution in [0, 0.1) is 5.92 Å². The average molecular weight is 367 g/mol. The van der Waals surface area contributed by atoms with E-state index in [9.17, 15) is 14.7 Å². The summed E-state index contributed by atoms with van der Waals surface area (Å²) in [7, 11) is 0. The zero-order valence-corrected chi connectivity index (χ0v) is 15.2. The maximum Gasteiger partial charge on any atom is 0.316 e. The number of phenolic OH excluding ortho intramolecular Hbond substituents is 1. The molecule has 0 spiro atoms. The van der Waals surface area contributed by atoms with Crippen molar-refractivity contribution in [2.24, 2.45) is 5.92 Å². The lowest BCUT2D eigenvalue weighted by Crippen LogP contribution is -2.56. The normalized spacial score (nSPS) is 28.1. The van der Waals surface area contributed by atoms with E-state index < -0.39 is 23.0 Å². The number of hydrogen-bond donors (Lipinski definition) is 2. The summed E-state index contributed by atoms with van der Waals surface area (Å²) >= 11 is 0. The third-order valence-corrected chi connectivity index (χ3v) is 5.43. The molecule has 2 aromatic carbocycles. The van der Waals surface area contributed by atoms with Crippen molar-refractivity contribution in [3.8, 4) is 11.5 Å². The van der Waals surface area contributed by atoms with Crippen molar-refractivity contribution in [1.82, 2.24) is 5.32 Å². The lowest BCUT2D eigenvalue weighted by atomic mass is 9.64. The van der Waals surface area contributed by atoms with Gasteiger partial charge in [-0.3, -0.25) is 9.59 Å². The first-order chi connectivity index (χ1) is 12.9. The summed E-state index contributed by atoms with van der Waals surface area (Å²) in [6.45, 7) is 3.62. The molecule has 2 heterocycles. The highest BCUT2D eigenvalue weighted by Gasteiger charge is 2.70. The van der Waals surface area contributed by atoms with E-state index in [0.717, 1.165) is 5.56 Å². The van der Waals surface area contributed by atoms with Gasteiger partial charge in [0.05, 0.1) is 6.61 Å². The predicted octanol–water partition coefficient (Wildman–Crippen LogP) is 2.29. The number of hydrogen-bond acceptors (Lipinski definition) is 5. The Morgan fingerprint density at radius 3 is 2.70 bits per heavy atom. The molecule has 0 saturated carbocycles. The molecule has 2 aromatic rings. The summed E-state index contributed by atoms with van der Waals surface area (Å²) in [5, 5.41) is 12.8. The van der Waals surface area contributed by atoms with Gasteiger partial charge in [0.25, 0.3) is 0 Å². The SMILES string of the molecule is CCOC(=O)[C@@H]1[C@]2(C)NC(=O)[C@]1(Cc1ccccc1)c1ccc(O)cc1O2. The fraction of sp³-hybridized carbons (Fsp3) is 0.333. The maximum atomic E-state index is 13.3. The van der Waals surface area contributed by atoms with Crippen molar-refractivity contribution in [3.05, 3.63) is 59.7 Å². The van der Waals surface area contributed by atoms with Crippen LogP contribution in [0.3, 0.4) is 0 Å². The topological polar surface area (TPSA) is 84.9 Å². The second kappa shape index (κ2) is 6.01. The molecule has 3 atom stereocenters. The second-order valence-corrected chi connectivity index (χ2v) is 7.16. The number of amides is 1. The van der Waals surface area contributed by atoms with Crippen LogP contribution in [-0.4, -0.2) is 29.3 Å². The Bertz CT molecular complexity index is 912. The first-order valence-corrected chi connectivity index (χ1v) is 8.96. The van der Waals surface area contributed by atoms with Gasteiger partial charge in [0.2, 0.25) is 5.91 Å². The van der Waals surface area contributed by atoms with E-state index in [1.807, 2.05) is 30.3 Å². The van der Waals surface area contributed by atoms with E-state index in [2.05, 4.69) is 5.32 Å². The maximum absolute atomic E-state index is 13.3. The number of rotatable bonds is 4. The van der Waals surface area contributed by atoms with Gasteiger partial charge < -0.3 is 19.9 Å². The van der Waals surface area contributed by atoms with Crippen LogP contribution in [-0.2, 0) is 26.2 Å². The molecule has 4 rings (SSSR count). The summed E-state index contributed by atoms with van der Waals surface area (Å²) in [6.07, 6.45) is 0.319. The van der Waals surface area contributed by atoms with E-state index in [-0.39, 0.29) is 18.3 Å². The summed E-state index contributed by atoms with van der Waals surface area (Å²) in [6, 6.07) is 14.2. The van der Waals surface area contributed by atoms with Crippen molar-refractivity contribution in [3.63, 3.8) is 0 Å². The molecule has 2 N–H and O–H groups in total. The van der Waals surface area contributed by atoms with E-state index >= 15 is 0 Å². The van der Waals surface area contributed by atoms with Crippen LogP contribution in [0.25, 0.3) is 0 Å². The van der Waals surface area contributed by atoms with Gasteiger partial charge in [0, 0.05) is 11.6 Å². The number of ether oxygens (including phenoxy) is 2. The van der Waals surface area contributed by atoms with E-state index in [1.165, 1.54) is 12.1 Å². The largest absolute Gasteiger partial charge is 0.508 e. The van der Waals surface area contributed by atoms with Gasteiger partial charge in [0.15, 0.2) is 5.72 Å². The molecule has 0 radical (unpaired) electrons. The molecule has 1 amide bonds. The Balaban J connectivity index is 1.95. The Hall–Kier alpha value is -3.02. The number of benzene rings is 2. The summed E-state index contributed by atoms with van der Waals surface area (Å²) in [5.41, 5.74) is -0.926. The lowest BCUT2D eigenvalue weighted by Gasteiger charge is -2.42. The fourth-order valence-electron chi connectivity index (χ4n) is 4.41. The number of phenols is 1. The number of nitrogens with one attached hydrogen (secondary N) is 1. The molecule has 2 bridgehead atoms. The zero-order chi connectivity index (χ0) is 19.2. The highest BCUT2D eigenvalue weighted by molar-refractivity contribution is 6.00. The van der Waals surface area contributed by atoms with Gasteiger partial charge in [-0.2, -0.15) is 0 Å². The van der Waals surface area contributed by atoms with Crippen molar-refractivity contribution in [2.45, 2.75) is 31.4 Å². The summed E-state index contributed by atoms with van der Waals surface area (Å²) in [4.78, 5) is 26.2. The van der Waals surface area contributed by atoms with Crippen LogP contribution >= 0.6 is 0 Å². The van der Waals surface area contributed by atoms with Gasteiger partial charge in [0.1, 0.15) is 22.8 Å². The molecule has 1 saturated heterocycles. The molecule has 2 aliphatic rings. The molecular weight excluding hydrogens is 346 g/mol. The lowest BCUT2D eigenvalue weighted by molar-refractivity contribution is -0.160. The minimum absolute atomic E-state index is 0.0358. The first-order valence-electron chi connectivity index (χ1n) is 8.96. The van der Waals surface area contributed by atoms with Crippen LogP contribution in [0.5, 0.6) is 11.5 Å². The molecule has 1 fully saturated rings. The third kappa shape index (κ3) is 2.47. The molecule has 0 unspecified atom stereocenters. The predicted molar refractivity (Wildman–Crippen MR) is 97.2 cm³/mol. The average Bonchev–Trinajstić information content (AvgIpc) is 2.77. The molecule has 0 aromatic heterocycles. The Morgan fingerprint density at radius 2 is 2.00 bits per heavy atom. The van der Waals surface area contributed by atoms with Crippen molar-refractivity contribution < 1.29 is 24.2 Å². The third-order valence-electron chi connectivity index (χ3n) is 5.43. The molecule has 140 valence electrons. The molecule has 0 aliphatic carbocycles. The Kier molecular flexibility index (Phi) is 3.87. The van der Waals surface area contributed by atoms with Gasteiger partial charge >= 0.3 is 5.97 Å². The fourth-order valence-corrected chi connectivity index (χ4v) is 4.41.